The van der Waals surface area contributed by atoms with Gasteiger partial charge < -0.3 is 5.32 Å². The number of halogens is 2. The summed E-state index contributed by atoms with van der Waals surface area (Å²) < 4.78 is 0. The Balaban J connectivity index is 2.26. The van der Waals surface area contributed by atoms with Crippen LogP contribution in [0.15, 0.2) is 36.7 Å². The number of rotatable bonds is 4. The van der Waals surface area contributed by atoms with Gasteiger partial charge in [0.25, 0.3) is 0 Å². The summed E-state index contributed by atoms with van der Waals surface area (Å²) in [5.41, 5.74) is 3.34. The Morgan fingerprint density at radius 3 is 2.74 bits per heavy atom. The first-order chi connectivity index (χ1) is 9.11. The van der Waals surface area contributed by atoms with Crippen LogP contribution < -0.4 is 5.32 Å². The molecular weight excluding hydrogens is 279 g/mol. The summed E-state index contributed by atoms with van der Waals surface area (Å²) in [6.45, 7) is 2.04. The predicted octanol–water partition coefficient (Wildman–Crippen LogP) is 4.20. The van der Waals surface area contributed by atoms with Crippen molar-refractivity contribution in [1.29, 1.82) is 0 Å². The van der Waals surface area contributed by atoms with Gasteiger partial charge in [-0.3, -0.25) is 4.98 Å². The van der Waals surface area contributed by atoms with E-state index < -0.39 is 0 Å². The minimum Gasteiger partial charge on any atom is -0.313 e. The molecule has 1 heterocycles. The lowest BCUT2D eigenvalue weighted by Crippen LogP contribution is -2.19. The fraction of sp³-hybridized carbons (Fsp3) is 0.267. The summed E-state index contributed by atoms with van der Waals surface area (Å²) in [4.78, 5) is 4.24. The highest BCUT2D eigenvalue weighted by Gasteiger charge is 2.13. The topological polar surface area (TPSA) is 24.9 Å². The Morgan fingerprint density at radius 1 is 1.26 bits per heavy atom. The molecule has 0 aliphatic heterocycles. The van der Waals surface area contributed by atoms with E-state index in [4.69, 9.17) is 23.2 Å². The van der Waals surface area contributed by atoms with E-state index in [1.807, 2.05) is 38.5 Å². The van der Waals surface area contributed by atoms with Crippen molar-refractivity contribution in [3.8, 4) is 0 Å². The molecule has 19 heavy (non-hydrogen) atoms. The standard InChI is InChI=1S/C15H16Cl2N2/c1-10-6-12(9-19-8-10)14(18-2)7-11-4-3-5-13(16)15(11)17/h3-6,8-9,14,18H,7H2,1-2H3. The Kier molecular flexibility index (Phi) is 4.81. The summed E-state index contributed by atoms with van der Waals surface area (Å²) in [6, 6.07) is 8.03. The van der Waals surface area contributed by atoms with Gasteiger partial charge in [-0.2, -0.15) is 0 Å². The van der Waals surface area contributed by atoms with Crippen LogP contribution in [0.2, 0.25) is 10.0 Å². The fourth-order valence-electron chi connectivity index (χ4n) is 2.08. The van der Waals surface area contributed by atoms with Gasteiger partial charge in [0.2, 0.25) is 0 Å². The molecule has 1 atom stereocenters. The van der Waals surface area contributed by atoms with Gasteiger partial charge in [-0.1, -0.05) is 41.4 Å². The van der Waals surface area contributed by atoms with Crippen molar-refractivity contribution in [3.63, 3.8) is 0 Å². The maximum Gasteiger partial charge on any atom is 0.0624 e. The molecule has 0 fully saturated rings. The van der Waals surface area contributed by atoms with Gasteiger partial charge in [-0.15, -0.1) is 0 Å². The first kappa shape index (κ1) is 14.3. The average Bonchev–Trinajstić information content (AvgIpc) is 2.40. The van der Waals surface area contributed by atoms with Crippen LogP contribution in [-0.2, 0) is 6.42 Å². The van der Waals surface area contributed by atoms with E-state index >= 15 is 0 Å². The maximum absolute atomic E-state index is 6.24. The van der Waals surface area contributed by atoms with Gasteiger partial charge in [0, 0.05) is 18.4 Å². The largest absolute Gasteiger partial charge is 0.313 e. The number of aromatic nitrogens is 1. The lowest BCUT2D eigenvalue weighted by molar-refractivity contribution is 0.589. The van der Waals surface area contributed by atoms with Crippen LogP contribution in [0, 0.1) is 6.92 Å². The molecular formula is C15H16Cl2N2. The fourth-order valence-corrected chi connectivity index (χ4v) is 2.48. The highest BCUT2D eigenvalue weighted by Crippen LogP contribution is 2.29. The van der Waals surface area contributed by atoms with E-state index in [1.54, 1.807) is 6.07 Å². The summed E-state index contributed by atoms with van der Waals surface area (Å²) in [5, 5.41) is 4.52. The van der Waals surface area contributed by atoms with E-state index in [0.29, 0.717) is 10.0 Å². The van der Waals surface area contributed by atoms with Crippen molar-refractivity contribution >= 4 is 23.2 Å². The van der Waals surface area contributed by atoms with Crippen molar-refractivity contribution in [2.45, 2.75) is 19.4 Å². The van der Waals surface area contributed by atoms with Crippen molar-refractivity contribution in [2.24, 2.45) is 0 Å². The molecule has 1 unspecified atom stereocenters. The number of nitrogens with zero attached hydrogens (tertiary/aromatic N) is 1. The third kappa shape index (κ3) is 3.47. The van der Waals surface area contributed by atoms with Gasteiger partial charge in [-0.05, 0) is 43.1 Å². The second kappa shape index (κ2) is 6.38. The molecule has 0 amide bonds. The van der Waals surface area contributed by atoms with Crippen LogP contribution in [0.4, 0.5) is 0 Å². The van der Waals surface area contributed by atoms with E-state index in [0.717, 1.165) is 23.1 Å². The third-order valence-corrected chi connectivity index (χ3v) is 3.96. The Labute approximate surface area is 123 Å². The molecule has 2 rings (SSSR count). The van der Waals surface area contributed by atoms with Crippen LogP contribution >= 0.6 is 23.2 Å². The average molecular weight is 295 g/mol. The van der Waals surface area contributed by atoms with E-state index in [9.17, 15) is 0 Å². The number of aryl methyl sites for hydroxylation is 1. The molecule has 2 nitrogen and oxygen atoms in total. The Bertz CT molecular complexity index is 570. The quantitative estimate of drug-likeness (QED) is 0.914. The molecule has 2 aromatic rings. The molecule has 0 saturated heterocycles. The van der Waals surface area contributed by atoms with E-state index in [1.165, 1.54) is 0 Å². The van der Waals surface area contributed by atoms with Gasteiger partial charge in [0.05, 0.1) is 10.0 Å². The molecule has 0 aliphatic rings. The van der Waals surface area contributed by atoms with Crippen molar-refractivity contribution in [3.05, 3.63) is 63.4 Å². The molecule has 4 heteroatoms. The Morgan fingerprint density at radius 2 is 2.05 bits per heavy atom. The molecule has 0 spiro atoms. The number of hydrogen-bond acceptors (Lipinski definition) is 2. The van der Waals surface area contributed by atoms with Crippen LogP contribution in [0.3, 0.4) is 0 Å². The highest BCUT2D eigenvalue weighted by molar-refractivity contribution is 6.42. The lowest BCUT2D eigenvalue weighted by atomic mass is 9.99. The van der Waals surface area contributed by atoms with Crippen molar-refractivity contribution < 1.29 is 0 Å². The Hall–Kier alpha value is -1.09. The van der Waals surface area contributed by atoms with Crippen molar-refractivity contribution in [1.82, 2.24) is 10.3 Å². The number of pyridine rings is 1. The second-order valence-corrected chi connectivity index (χ2v) is 5.34. The monoisotopic (exact) mass is 294 g/mol. The minimum absolute atomic E-state index is 0.170. The SMILES string of the molecule is CNC(Cc1cccc(Cl)c1Cl)c1cncc(C)c1. The number of benzene rings is 1. The molecule has 1 N–H and O–H groups in total. The predicted molar refractivity (Wildman–Crippen MR) is 80.9 cm³/mol. The molecule has 0 aliphatic carbocycles. The first-order valence-corrected chi connectivity index (χ1v) is 6.89. The van der Waals surface area contributed by atoms with Crippen LogP contribution in [0.1, 0.15) is 22.7 Å². The maximum atomic E-state index is 6.24. The second-order valence-electron chi connectivity index (χ2n) is 4.55. The summed E-state index contributed by atoms with van der Waals surface area (Å²) >= 11 is 12.3. The first-order valence-electron chi connectivity index (χ1n) is 6.13. The van der Waals surface area contributed by atoms with Gasteiger partial charge in [0.1, 0.15) is 0 Å². The van der Waals surface area contributed by atoms with Crippen LogP contribution in [-0.4, -0.2) is 12.0 Å². The molecule has 1 aromatic heterocycles. The zero-order chi connectivity index (χ0) is 13.8. The molecule has 0 radical (unpaired) electrons. The highest BCUT2D eigenvalue weighted by atomic mass is 35.5. The number of hydrogen-bond donors (Lipinski definition) is 1. The third-order valence-electron chi connectivity index (χ3n) is 3.10. The molecule has 1 aromatic carbocycles. The number of likely N-dealkylation sites (N-methyl/N-ethyl adjacent to an activating group) is 1. The summed E-state index contributed by atoms with van der Waals surface area (Å²) in [6.07, 6.45) is 4.51. The zero-order valence-electron chi connectivity index (χ0n) is 11.0. The van der Waals surface area contributed by atoms with E-state index in [-0.39, 0.29) is 6.04 Å². The van der Waals surface area contributed by atoms with E-state index in [2.05, 4.69) is 16.4 Å². The van der Waals surface area contributed by atoms with Crippen molar-refractivity contribution in [2.75, 3.05) is 7.05 Å². The zero-order valence-corrected chi connectivity index (χ0v) is 12.5. The van der Waals surface area contributed by atoms with Gasteiger partial charge in [0.15, 0.2) is 0 Å². The minimum atomic E-state index is 0.170. The van der Waals surface area contributed by atoms with Crippen LogP contribution in [0.5, 0.6) is 0 Å². The smallest absolute Gasteiger partial charge is 0.0624 e. The van der Waals surface area contributed by atoms with Gasteiger partial charge >= 0.3 is 0 Å². The molecule has 0 bridgehead atoms. The lowest BCUT2D eigenvalue weighted by Gasteiger charge is -2.18. The summed E-state index contributed by atoms with van der Waals surface area (Å²) in [5.74, 6) is 0. The van der Waals surface area contributed by atoms with Crippen LogP contribution in [0.25, 0.3) is 0 Å². The van der Waals surface area contributed by atoms with Gasteiger partial charge in [-0.25, -0.2) is 0 Å². The molecule has 0 saturated carbocycles. The summed E-state index contributed by atoms with van der Waals surface area (Å²) in [7, 11) is 1.94. The molecule has 100 valence electrons. The number of nitrogens with one attached hydrogen (secondary N) is 1. The normalized spacial score (nSPS) is 12.4.